The Balaban J connectivity index is 2.44. The number of nitrogens with zero attached hydrogens (tertiary/aromatic N) is 1. The van der Waals surface area contributed by atoms with E-state index in [2.05, 4.69) is 6.07 Å². The largest absolute Gasteiger partial charge is 0.481 e. The van der Waals surface area contributed by atoms with E-state index < -0.39 is 17.8 Å². The monoisotopic (exact) mass is 299 g/mol. The van der Waals surface area contributed by atoms with Gasteiger partial charge in [-0.3, -0.25) is 4.79 Å². The zero-order valence-corrected chi connectivity index (χ0v) is 12.0. The Hall–Kier alpha value is -2.31. The van der Waals surface area contributed by atoms with Gasteiger partial charge in [0.25, 0.3) is 0 Å². The zero-order chi connectivity index (χ0) is 15.2. The summed E-state index contributed by atoms with van der Waals surface area (Å²) in [4.78, 5) is 11.2. The third kappa shape index (κ3) is 3.84. The van der Waals surface area contributed by atoms with Crippen LogP contribution in [0.2, 0.25) is 5.02 Å². The lowest BCUT2D eigenvalue weighted by molar-refractivity contribution is -0.137. The molecule has 0 saturated carbocycles. The van der Waals surface area contributed by atoms with Crippen molar-refractivity contribution < 1.29 is 9.90 Å². The third-order valence-electron chi connectivity index (χ3n) is 3.37. The number of benzene rings is 2. The molecule has 2 aromatic carbocycles. The van der Waals surface area contributed by atoms with Gasteiger partial charge in [0.2, 0.25) is 0 Å². The fraction of sp³-hybridized carbons (Fsp3) is 0.176. The van der Waals surface area contributed by atoms with Crippen LogP contribution in [0, 0.1) is 11.3 Å². The SMILES string of the molecule is N#CC(c1ccccc1)C(CC(=O)O)c1cccc(Cl)c1. The number of carbonyl (C=O) groups is 1. The number of rotatable bonds is 5. The molecule has 21 heavy (non-hydrogen) atoms. The lowest BCUT2D eigenvalue weighted by Gasteiger charge is -2.21. The first-order chi connectivity index (χ1) is 10.1. The van der Waals surface area contributed by atoms with Crippen molar-refractivity contribution in [3.63, 3.8) is 0 Å². The summed E-state index contributed by atoms with van der Waals surface area (Å²) in [7, 11) is 0. The summed E-state index contributed by atoms with van der Waals surface area (Å²) < 4.78 is 0. The molecule has 1 N–H and O–H groups in total. The zero-order valence-electron chi connectivity index (χ0n) is 11.2. The van der Waals surface area contributed by atoms with Crippen LogP contribution in [0.3, 0.4) is 0 Å². The van der Waals surface area contributed by atoms with Gasteiger partial charge in [-0.05, 0) is 23.3 Å². The van der Waals surface area contributed by atoms with E-state index in [1.807, 2.05) is 36.4 Å². The average molecular weight is 300 g/mol. The van der Waals surface area contributed by atoms with Crippen LogP contribution in [0.15, 0.2) is 54.6 Å². The van der Waals surface area contributed by atoms with Gasteiger partial charge in [-0.15, -0.1) is 0 Å². The van der Waals surface area contributed by atoms with E-state index in [0.29, 0.717) is 5.02 Å². The smallest absolute Gasteiger partial charge is 0.304 e. The van der Waals surface area contributed by atoms with Gasteiger partial charge in [0.1, 0.15) is 0 Å². The molecule has 0 saturated heterocycles. The summed E-state index contributed by atoms with van der Waals surface area (Å²) in [5, 5.41) is 19.2. The van der Waals surface area contributed by atoms with Crippen LogP contribution in [-0.4, -0.2) is 11.1 Å². The van der Waals surface area contributed by atoms with Crippen molar-refractivity contribution in [2.75, 3.05) is 0 Å². The molecule has 0 aliphatic carbocycles. The Kier molecular flexibility index (Phi) is 4.97. The van der Waals surface area contributed by atoms with Crippen molar-refractivity contribution in [1.29, 1.82) is 5.26 Å². The lowest BCUT2D eigenvalue weighted by atomic mass is 9.80. The molecule has 0 fully saturated rings. The second-order valence-electron chi connectivity index (χ2n) is 4.78. The van der Waals surface area contributed by atoms with Crippen LogP contribution in [0.25, 0.3) is 0 Å². The minimum Gasteiger partial charge on any atom is -0.481 e. The van der Waals surface area contributed by atoms with Gasteiger partial charge in [0, 0.05) is 10.9 Å². The molecule has 106 valence electrons. The van der Waals surface area contributed by atoms with Crippen LogP contribution in [0.4, 0.5) is 0 Å². The lowest BCUT2D eigenvalue weighted by Crippen LogP contribution is -2.14. The molecule has 0 aromatic heterocycles. The number of hydrogen-bond donors (Lipinski definition) is 1. The standard InChI is InChI=1S/C17H14ClNO2/c18-14-8-4-7-13(9-14)15(10-17(20)21)16(11-19)12-5-2-1-3-6-12/h1-9,15-16H,10H2,(H,20,21). The Morgan fingerprint density at radius 1 is 1.14 bits per heavy atom. The summed E-state index contributed by atoms with van der Waals surface area (Å²) >= 11 is 5.99. The summed E-state index contributed by atoms with van der Waals surface area (Å²) in [6, 6.07) is 18.5. The predicted octanol–water partition coefficient (Wildman–Crippen LogP) is 4.21. The van der Waals surface area contributed by atoms with Crippen molar-refractivity contribution in [3.8, 4) is 6.07 Å². The summed E-state index contributed by atoms with van der Waals surface area (Å²) in [5.74, 6) is -1.90. The molecule has 4 heteroatoms. The van der Waals surface area contributed by atoms with E-state index in [1.165, 1.54) is 0 Å². The van der Waals surface area contributed by atoms with Crippen molar-refractivity contribution in [3.05, 3.63) is 70.7 Å². The van der Waals surface area contributed by atoms with E-state index in [9.17, 15) is 10.1 Å². The number of aliphatic carboxylic acids is 1. The first kappa shape index (κ1) is 15.1. The van der Waals surface area contributed by atoms with Crippen LogP contribution >= 0.6 is 11.6 Å². The Morgan fingerprint density at radius 2 is 1.81 bits per heavy atom. The number of halogens is 1. The minimum atomic E-state index is -0.934. The molecule has 2 atom stereocenters. The van der Waals surface area contributed by atoms with E-state index >= 15 is 0 Å². The molecular weight excluding hydrogens is 286 g/mol. The first-order valence-electron chi connectivity index (χ1n) is 6.53. The molecular formula is C17H14ClNO2. The van der Waals surface area contributed by atoms with Gasteiger partial charge in [-0.1, -0.05) is 54.1 Å². The average Bonchev–Trinajstić information content (AvgIpc) is 2.48. The van der Waals surface area contributed by atoms with Gasteiger partial charge in [0.05, 0.1) is 18.4 Å². The highest BCUT2D eigenvalue weighted by molar-refractivity contribution is 6.30. The summed E-state index contributed by atoms with van der Waals surface area (Å²) in [6.07, 6.45) is -0.118. The van der Waals surface area contributed by atoms with E-state index in [-0.39, 0.29) is 6.42 Å². The number of carboxylic acid groups (broad SMARTS) is 1. The van der Waals surface area contributed by atoms with Crippen LogP contribution in [-0.2, 0) is 4.79 Å². The molecule has 0 bridgehead atoms. The first-order valence-corrected chi connectivity index (χ1v) is 6.91. The van der Waals surface area contributed by atoms with Crippen LogP contribution in [0.5, 0.6) is 0 Å². The number of hydrogen-bond acceptors (Lipinski definition) is 2. The predicted molar refractivity (Wildman–Crippen MR) is 81.2 cm³/mol. The molecule has 2 aromatic rings. The molecule has 3 nitrogen and oxygen atoms in total. The Morgan fingerprint density at radius 3 is 2.38 bits per heavy atom. The summed E-state index contributed by atoms with van der Waals surface area (Å²) in [6.45, 7) is 0. The molecule has 2 rings (SSSR count). The second kappa shape index (κ2) is 6.92. The van der Waals surface area contributed by atoms with Crippen LogP contribution < -0.4 is 0 Å². The quantitative estimate of drug-likeness (QED) is 0.899. The Labute approximate surface area is 128 Å². The van der Waals surface area contributed by atoms with E-state index in [0.717, 1.165) is 11.1 Å². The van der Waals surface area contributed by atoms with Crippen molar-refractivity contribution >= 4 is 17.6 Å². The highest BCUT2D eigenvalue weighted by Gasteiger charge is 2.27. The summed E-state index contributed by atoms with van der Waals surface area (Å²) in [5.41, 5.74) is 1.58. The van der Waals surface area contributed by atoms with Gasteiger partial charge in [-0.2, -0.15) is 5.26 Å². The van der Waals surface area contributed by atoms with Crippen LogP contribution in [0.1, 0.15) is 29.4 Å². The fourth-order valence-corrected chi connectivity index (χ4v) is 2.61. The van der Waals surface area contributed by atoms with Crippen molar-refractivity contribution in [2.24, 2.45) is 0 Å². The van der Waals surface area contributed by atoms with Crippen molar-refractivity contribution in [1.82, 2.24) is 0 Å². The number of carboxylic acids is 1. The maximum absolute atomic E-state index is 11.2. The molecule has 0 radical (unpaired) electrons. The highest BCUT2D eigenvalue weighted by atomic mass is 35.5. The molecule has 0 heterocycles. The molecule has 0 aliphatic rings. The molecule has 2 unspecified atom stereocenters. The van der Waals surface area contributed by atoms with Crippen molar-refractivity contribution in [2.45, 2.75) is 18.3 Å². The maximum atomic E-state index is 11.2. The maximum Gasteiger partial charge on any atom is 0.304 e. The molecule has 0 amide bonds. The van der Waals surface area contributed by atoms with Gasteiger partial charge in [-0.25, -0.2) is 0 Å². The second-order valence-corrected chi connectivity index (χ2v) is 5.21. The van der Waals surface area contributed by atoms with Gasteiger partial charge in [0.15, 0.2) is 0 Å². The normalized spacial score (nSPS) is 13.1. The number of nitriles is 1. The van der Waals surface area contributed by atoms with Gasteiger partial charge >= 0.3 is 5.97 Å². The molecule has 0 aliphatic heterocycles. The molecule has 0 spiro atoms. The van der Waals surface area contributed by atoms with E-state index in [4.69, 9.17) is 16.7 Å². The van der Waals surface area contributed by atoms with E-state index in [1.54, 1.807) is 18.2 Å². The van der Waals surface area contributed by atoms with Gasteiger partial charge < -0.3 is 5.11 Å². The fourth-order valence-electron chi connectivity index (χ4n) is 2.41. The topological polar surface area (TPSA) is 61.1 Å². The minimum absolute atomic E-state index is 0.118. The third-order valence-corrected chi connectivity index (χ3v) is 3.61. The highest BCUT2D eigenvalue weighted by Crippen LogP contribution is 2.36. The Bertz CT molecular complexity index is 664.